The summed E-state index contributed by atoms with van der Waals surface area (Å²) < 4.78 is 24.1. The minimum Gasteiger partial charge on any atom is -0.397 e. The molecule has 0 aliphatic carbocycles. The van der Waals surface area contributed by atoms with Crippen LogP contribution in [0.2, 0.25) is 5.02 Å². The van der Waals surface area contributed by atoms with Crippen LogP contribution in [-0.4, -0.2) is 37.4 Å². The summed E-state index contributed by atoms with van der Waals surface area (Å²) in [5.41, 5.74) is 6.38. The molecule has 1 aromatic carbocycles. The Kier molecular flexibility index (Phi) is 5.30. The van der Waals surface area contributed by atoms with Crippen molar-refractivity contribution in [2.24, 2.45) is 0 Å². The molecule has 0 atom stereocenters. The van der Waals surface area contributed by atoms with E-state index >= 15 is 0 Å². The first-order valence-corrected chi connectivity index (χ1v) is 5.58. The Balaban J connectivity index is 2.56. The van der Waals surface area contributed by atoms with Gasteiger partial charge in [0.1, 0.15) is 0 Å². The van der Waals surface area contributed by atoms with Gasteiger partial charge in [0.05, 0.1) is 24.5 Å². The number of carbonyl (C=O) groups is 1. The zero-order chi connectivity index (χ0) is 13.7. The lowest BCUT2D eigenvalue weighted by Crippen LogP contribution is -2.33. The van der Waals surface area contributed by atoms with E-state index in [0.29, 0.717) is 16.4 Å². The van der Waals surface area contributed by atoms with Crippen LogP contribution in [0.1, 0.15) is 0 Å². The number of amides is 1. The zero-order valence-electron chi connectivity index (χ0n) is 9.79. The molecule has 7 heteroatoms. The van der Waals surface area contributed by atoms with Crippen LogP contribution in [0.3, 0.4) is 0 Å². The molecule has 0 saturated heterocycles. The van der Waals surface area contributed by atoms with Crippen molar-refractivity contribution >= 4 is 28.9 Å². The molecule has 0 heterocycles. The summed E-state index contributed by atoms with van der Waals surface area (Å²) >= 11 is 5.76. The number of benzene rings is 1. The molecule has 0 bridgehead atoms. The van der Waals surface area contributed by atoms with Gasteiger partial charge < -0.3 is 11.1 Å². The Hall–Kier alpha value is -1.40. The molecule has 1 rings (SSSR count). The molecule has 0 aliphatic heterocycles. The summed E-state index contributed by atoms with van der Waals surface area (Å²) in [6.07, 6.45) is -2.47. The van der Waals surface area contributed by atoms with Gasteiger partial charge in [0, 0.05) is 5.02 Å². The van der Waals surface area contributed by atoms with Crippen LogP contribution >= 0.6 is 11.6 Å². The average Bonchev–Trinajstić information content (AvgIpc) is 2.21. The van der Waals surface area contributed by atoms with Gasteiger partial charge >= 0.3 is 0 Å². The van der Waals surface area contributed by atoms with Crippen molar-refractivity contribution < 1.29 is 13.6 Å². The minimum atomic E-state index is -2.47. The molecule has 3 N–H and O–H groups in total. The molecular formula is C11H14ClF2N3O. The van der Waals surface area contributed by atoms with E-state index in [9.17, 15) is 13.6 Å². The molecule has 100 valence electrons. The molecule has 0 unspecified atom stereocenters. The fourth-order valence-electron chi connectivity index (χ4n) is 1.37. The third-order valence-electron chi connectivity index (χ3n) is 2.15. The summed E-state index contributed by atoms with van der Waals surface area (Å²) in [6.45, 7) is -0.602. The van der Waals surface area contributed by atoms with E-state index in [4.69, 9.17) is 17.3 Å². The minimum absolute atomic E-state index is 0.143. The summed E-state index contributed by atoms with van der Waals surface area (Å²) in [6, 6.07) is 4.65. The summed E-state index contributed by atoms with van der Waals surface area (Å²) in [4.78, 5) is 12.8. The number of rotatable bonds is 5. The van der Waals surface area contributed by atoms with Gasteiger partial charge in [0.25, 0.3) is 6.43 Å². The quantitative estimate of drug-likeness (QED) is 0.810. The monoisotopic (exact) mass is 277 g/mol. The maximum atomic E-state index is 12.1. The van der Waals surface area contributed by atoms with Gasteiger partial charge in [-0.05, 0) is 25.2 Å². The van der Waals surface area contributed by atoms with Crippen molar-refractivity contribution in [1.82, 2.24) is 4.90 Å². The fourth-order valence-corrected chi connectivity index (χ4v) is 1.54. The average molecular weight is 278 g/mol. The maximum Gasteiger partial charge on any atom is 0.251 e. The molecule has 0 spiro atoms. The van der Waals surface area contributed by atoms with Crippen molar-refractivity contribution in [2.45, 2.75) is 6.43 Å². The number of hydrogen-bond acceptors (Lipinski definition) is 3. The predicted molar refractivity (Wildman–Crippen MR) is 68.0 cm³/mol. The summed E-state index contributed by atoms with van der Waals surface area (Å²) in [5.74, 6) is -0.424. The molecule has 0 radical (unpaired) electrons. The molecule has 1 amide bonds. The largest absolute Gasteiger partial charge is 0.397 e. The van der Waals surface area contributed by atoms with Gasteiger partial charge in [-0.15, -0.1) is 0 Å². The Bertz CT molecular complexity index is 429. The number of halogens is 3. The second-order valence-corrected chi connectivity index (χ2v) is 4.30. The Morgan fingerprint density at radius 3 is 2.83 bits per heavy atom. The van der Waals surface area contributed by atoms with E-state index in [-0.39, 0.29) is 6.54 Å². The molecule has 18 heavy (non-hydrogen) atoms. The van der Waals surface area contributed by atoms with Crippen LogP contribution < -0.4 is 11.1 Å². The number of carbonyl (C=O) groups excluding carboxylic acids is 1. The molecule has 0 aromatic heterocycles. The first-order valence-electron chi connectivity index (χ1n) is 5.20. The second kappa shape index (κ2) is 6.51. The second-order valence-electron chi connectivity index (χ2n) is 3.87. The van der Waals surface area contributed by atoms with E-state index in [1.807, 2.05) is 0 Å². The van der Waals surface area contributed by atoms with Crippen LogP contribution in [0.15, 0.2) is 18.2 Å². The number of nitrogens with zero attached hydrogens (tertiary/aromatic N) is 1. The Labute approximate surface area is 109 Å². The molecule has 0 aliphatic rings. The first-order chi connectivity index (χ1) is 8.38. The van der Waals surface area contributed by atoms with Crippen molar-refractivity contribution in [3.63, 3.8) is 0 Å². The number of nitrogens with one attached hydrogen (secondary N) is 1. The van der Waals surface area contributed by atoms with Gasteiger partial charge in [-0.2, -0.15) is 0 Å². The molecule has 0 fully saturated rings. The molecule has 4 nitrogen and oxygen atoms in total. The van der Waals surface area contributed by atoms with E-state index in [0.717, 1.165) is 0 Å². The van der Waals surface area contributed by atoms with Crippen LogP contribution in [0.4, 0.5) is 20.2 Å². The number of nitrogen functional groups attached to an aromatic ring is 1. The lowest BCUT2D eigenvalue weighted by Gasteiger charge is -2.16. The SMILES string of the molecule is CN(CC(=O)Nc1cc(Cl)ccc1N)CC(F)F. The van der Waals surface area contributed by atoms with Gasteiger partial charge in [-0.25, -0.2) is 8.78 Å². The fraction of sp³-hybridized carbons (Fsp3) is 0.364. The first kappa shape index (κ1) is 14.7. The van der Waals surface area contributed by atoms with Crippen molar-refractivity contribution in [1.29, 1.82) is 0 Å². The van der Waals surface area contributed by atoms with Crippen molar-refractivity contribution in [2.75, 3.05) is 31.2 Å². The normalized spacial score (nSPS) is 11.0. The van der Waals surface area contributed by atoms with E-state index in [1.165, 1.54) is 18.0 Å². The number of hydrogen-bond donors (Lipinski definition) is 2. The summed E-state index contributed by atoms with van der Waals surface area (Å²) in [7, 11) is 1.44. The Morgan fingerprint density at radius 1 is 1.56 bits per heavy atom. The third kappa shape index (κ3) is 4.85. The van der Waals surface area contributed by atoms with Crippen LogP contribution in [-0.2, 0) is 4.79 Å². The highest BCUT2D eigenvalue weighted by atomic mass is 35.5. The highest BCUT2D eigenvalue weighted by Gasteiger charge is 2.12. The zero-order valence-corrected chi connectivity index (χ0v) is 10.5. The standard InChI is InChI=1S/C11H14ClF2N3O/c1-17(5-10(13)14)6-11(18)16-9-4-7(12)2-3-8(9)15/h2-4,10H,5-6,15H2,1H3,(H,16,18). The van der Waals surface area contributed by atoms with Crippen LogP contribution in [0, 0.1) is 0 Å². The van der Waals surface area contributed by atoms with Gasteiger partial charge in [0.2, 0.25) is 5.91 Å². The number of anilines is 2. The lowest BCUT2D eigenvalue weighted by molar-refractivity contribution is -0.117. The van der Waals surface area contributed by atoms with Gasteiger partial charge in [-0.3, -0.25) is 9.69 Å². The van der Waals surface area contributed by atoms with E-state index < -0.39 is 18.9 Å². The topological polar surface area (TPSA) is 58.4 Å². The Morgan fingerprint density at radius 2 is 2.22 bits per heavy atom. The molecule has 0 saturated carbocycles. The van der Waals surface area contributed by atoms with Crippen LogP contribution in [0.25, 0.3) is 0 Å². The predicted octanol–water partition coefficient (Wildman–Crippen LogP) is 2.06. The van der Waals surface area contributed by atoms with Gasteiger partial charge in [0.15, 0.2) is 0 Å². The van der Waals surface area contributed by atoms with Crippen molar-refractivity contribution in [3.8, 4) is 0 Å². The third-order valence-corrected chi connectivity index (χ3v) is 2.39. The smallest absolute Gasteiger partial charge is 0.251 e. The highest BCUT2D eigenvalue weighted by Crippen LogP contribution is 2.22. The van der Waals surface area contributed by atoms with Crippen LogP contribution in [0.5, 0.6) is 0 Å². The maximum absolute atomic E-state index is 12.1. The van der Waals surface area contributed by atoms with E-state index in [1.54, 1.807) is 12.1 Å². The highest BCUT2D eigenvalue weighted by molar-refractivity contribution is 6.31. The number of nitrogens with two attached hydrogens (primary N) is 1. The van der Waals surface area contributed by atoms with Gasteiger partial charge in [-0.1, -0.05) is 11.6 Å². The summed E-state index contributed by atoms with van der Waals surface area (Å²) in [5, 5.41) is 2.95. The van der Waals surface area contributed by atoms with E-state index in [2.05, 4.69) is 5.32 Å². The number of likely N-dealkylation sites (N-methyl/N-ethyl adjacent to an activating group) is 1. The lowest BCUT2D eigenvalue weighted by atomic mass is 10.2. The molecule has 1 aromatic rings. The van der Waals surface area contributed by atoms with Crippen molar-refractivity contribution in [3.05, 3.63) is 23.2 Å². The molecular weight excluding hydrogens is 264 g/mol. The number of alkyl halides is 2.